The summed E-state index contributed by atoms with van der Waals surface area (Å²) >= 11 is 0. The molecule has 0 bridgehead atoms. The molecule has 1 amide bonds. The van der Waals surface area contributed by atoms with Gasteiger partial charge in [-0.1, -0.05) is 20.3 Å². The third kappa shape index (κ3) is 4.90. The molecule has 0 unspecified atom stereocenters. The van der Waals surface area contributed by atoms with E-state index in [1.54, 1.807) is 4.90 Å². The molecule has 0 N–H and O–H groups in total. The predicted molar refractivity (Wildman–Crippen MR) is 81.0 cm³/mol. The van der Waals surface area contributed by atoms with E-state index in [0.29, 0.717) is 13.0 Å². The zero-order chi connectivity index (χ0) is 16.2. The van der Waals surface area contributed by atoms with Crippen LogP contribution in [0.15, 0.2) is 0 Å². The van der Waals surface area contributed by atoms with Crippen molar-refractivity contribution in [2.24, 2.45) is 5.92 Å². The number of carbonyl (C=O) groups excluding carboxylic acids is 2. The second-order valence-electron chi connectivity index (χ2n) is 6.88. The quantitative estimate of drug-likeness (QED) is 0.590. The highest BCUT2D eigenvalue weighted by Gasteiger charge is 2.45. The molecule has 1 heterocycles. The third-order valence-electron chi connectivity index (χ3n) is 3.81. The van der Waals surface area contributed by atoms with E-state index in [9.17, 15) is 9.59 Å². The van der Waals surface area contributed by atoms with Crippen LogP contribution in [0.4, 0.5) is 4.79 Å². The van der Waals surface area contributed by atoms with Crippen molar-refractivity contribution < 1.29 is 19.1 Å². The highest BCUT2D eigenvalue weighted by Crippen LogP contribution is 2.31. The first-order chi connectivity index (χ1) is 9.67. The Kier molecular flexibility index (Phi) is 6.05. The Hall–Kier alpha value is -1.26. The van der Waals surface area contributed by atoms with E-state index >= 15 is 0 Å². The first kappa shape index (κ1) is 17.8. The monoisotopic (exact) mass is 299 g/mol. The van der Waals surface area contributed by atoms with Gasteiger partial charge in [0.1, 0.15) is 11.6 Å². The van der Waals surface area contributed by atoms with Crippen LogP contribution < -0.4 is 0 Å². The van der Waals surface area contributed by atoms with Gasteiger partial charge in [0.2, 0.25) is 0 Å². The fraction of sp³-hybridized carbons (Fsp3) is 0.875. The summed E-state index contributed by atoms with van der Waals surface area (Å²) in [5.74, 6) is -0.0632. The van der Waals surface area contributed by atoms with Crippen molar-refractivity contribution in [1.29, 1.82) is 0 Å². The number of unbranched alkanes of at least 4 members (excludes halogenated alkanes) is 1. The number of rotatable bonds is 4. The second-order valence-corrected chi connectivity index (χ2v) is 6.88. The Labute approximate surface area is 128 Å². The van der Waals surface area contributed by atoms with Crippen molar-refractivity contribution in [1.82, 2.24) is 4.90 Å². The second kappa shape index (κ2) is 7.14. The Morgan fingerprint density at radius 2 is 1.86 bits per heavy atom. The smallest absolute Gasteiger partial charge is 0.411 e. The van der Waals surface area contributed by atoms with Gasteiger partial charge < -0.3 is 9.47 Å². The maximum absolute atomic E-state index is 12.4. The number of hydrogen-bond acceptors (Lipinski definition) is 4. The molecule has 122 valence electrons. The number of ether oxygens (including phenoxy) is 2. The molecule has 5 heteroatoms. The number of carbonyl (C=O) groups is 2. The molecule has 0 spiro atoms. The summed E-state index contributed by atoms with van der Waals surface area (Å²) in [6.45, 7) is 11.9. The Morgan fingerprint density at radius 1 is 1.24 bits per heavy atom. The van der Waals surface area contributed by atoms with Gasteiger partial charge in [-0.05, 0) is 46.5 Å². The zero-order valence-electron chi connectivity index (χ0n) is 14.1. The lowest BCUT2D eigenvalue weighted by Gasteiger charge is -2.30. The minimum Gasteiger partial charge on any atom is -0.464 e. The van der Waals surface area contributed by atoms with Crippen LogP contribution in [0.1, 0.15) is 60.8 Å². The summed E-state index contributed by atoms with van der Waals surface area (Å²) < 4.78 is 10.7. The normalized spacial score (nSPS) is 25.8. The van der Waals surface area contributed by atoms with Crippen molar-refractivity contribution in [3.8, 4) is 0 Å². The summed E-state index contributed by atoms with van der Waals surface area (Å²) in [5, 5.41) is 0. The maximum Gasteiger partial charge on any atom is 0.411 e. The lowest BCUT2D eigenvalue weighted by Crippen LogP contribution is -2.47. The topological polar surface area (TPSA) is 55.8 Å². The highest BCUT2D eigenvalue weighted by atomic mass is 16.6. The van der Waals surface area contributed by atoms with E-state index in [2.05, 4.69) is 0 Å². The van der Waals surface area contributed by atoms with Gasteiger partial charge in [-0.3, -0.25) is 4.90 Å². The molecule has 1 rings (SSSR count). The van der Waals surface area contributed by atoms with Gasteiger partial charge in [-0.25, -0.2) is 9.59 Å². The number of hydrogen-bond donors (Lipinski definition) is 0. The molecule has 1 saturated heterocycles. The van der Waals surface area contributed by atoms with E-state index in [1.165, 1.54) is 0 Å². The van der Waals surface area contributed by atoms with Gasteiger partial charge in [-0.2, -0.15) is 0 Å². The minimum absolute atomic E-state index is 0.0245. The summed E-state index contributed by atoms with van der Waals surface area (Å²) in [4.78, 5) is 26.1. The number of nitrogens with zero attached hydrogens (tertiary/aromatic N) is 1. The fourth-order valence-electron chi connectivity index (χ4n) is 2.45. The van der Waals surface area contributed by atoms with Crippen LogP contribution in [-0.2, 0) is 14.3 Å². The van der Waals surface area contributed by atoms with Crippen molar-refractivity contribution in [3.05, 3.63) is 0 Å². The van der Waals surface area contributed by atoms with Gasteiger partial charge in [0.25, 0.3) is 0 Å². The van der Waals surface area contributed by atoms with E-state index in [-0.39, 0.29) is 17.9 Å². The van der Waals surface area contributed by atoms with Crippen LogP contribution in [0.5, 0.6) is 0 Å². The molecular formula is C16H29NO4. The van der Waals surface area contributed by atoms with Crippen molar-refractivity contribution >= 4 is 12.1 Å². The molecule has 1 aliphatic rings. The van der Waals surface area contributed by atoms with Crippen LogP contribution in [0.2, 0.25) is 0 Å². The SMILES string of the molecule is CCCCOC(=O)[C@@H]1C[C@H](C)[C@H](C)N1C(=O)OC(C)(C)C. The molecular weight excluding hydrogens is 270 g/mol. The molecule has 5 nitrogen and oxygen atoms in total. The Morgan fingerprint density at radius 3 is 2.38 bits per heavy atom. The minimum atomic E-state index is -0.570. The van der Waals surface area contributed by atoms with Crippen LogP contribution in [0.25, 0.3) is 0 Å². The van der Waals surface area contributed by atoms with Crippen molar-refractivity contribution in [2.45, 2.75) is 78.5 Å². The zero-order valence-corrected chi connectivity index (χ0v) is 14.1. The molecule has 0 aromatic carbocycles. The number of amides is 1. The Bertz CT molecular complexity index is 375. The number of likely N-dealkylation sites (tertiary alicyclic amines) is 1. The fourth-order valence-corrected chi connectivity index (χ4v) is 2.45. The van der Waals surface area contributed by atoms with Gasteiger partial charge in [0.15, 0.2) is 0 Å². The maximum atomic E-state index is 12.4. The first-order valence-electron chi connectivity index (χ1n) is 7.85. The molecule has 21 heavy (non-hydrogen) atoms. The van der Waals surface area contributed by atoms with Gasteiger partial charge in [-0.15, -0.1) is 0 Å². The molecule has 0 aliphatic carbocycles. The average Bonchev–Trinajstić information content (AvgIpc) is 2.64. The highest BCUT2D eigenvalue weighted by molar-refractivity contribution is 5.82. The lowest BCUT2D eigenvalue weighted by atomic mass is 10.0. The van der Waals surface area contributed by atoms with Gasteiger partial charge >= 0.3 is 12.1 Å². The molecule has 0 aromatic rings. The molecule has 1 fully saturated rings. The molecule has 1 aliphatic heterocycles. The van der Waals surface area contributed by atoms with Crippen molar-refractivity contribution in [3.63, 3.8) is 0 Å². The van der Waals surface area contributed by atoms with Crippen LogP contribution in [0.3, 0.4) is 0 Å². The first-order valence-corrected chi connectivity index (χ1v) is 7.85. The third-order valence-corrected chi connectivity index (χ3v) is 3.81. The molecule has 3 atom stereocenters. The predicted octanol–water partition coefficient (Wildman–Crippen LogP) is 3.36. The lowest BCUT2D eigenvalue weighted by molar-refractivity contribution is -0.149. The molecule has 0 saturated carbocycles. The van der Waals surface area contributed by atoms with E-state index in [4.69, 9.17) is 9.47 Å². The standard InChI is InChI=1S/C16H29NO4/c1-7-8-9-20-14(18)13-10-11(2)12(3)17(13)15(19)21-16(4,5)6/h11-13H,7-10H2,1-6H3/t11-,12-,13-/m0/s1. The van der Waals surface area contributed by atoms with Gasteiger partial charge in [0.05, 0.1) is 6.61 Å². The summed E-state index contributed by atoms with van der Waals surface area (Å²) in [7, 11) is 0. The van der Waals surface area contributed by atoms with E-state index in [1.807, 2.05) is 41.5 Å². The van der Waals surface area contributed by atoms with Crippen LogP contribution >= 0.6 is 0 Å². The average molecular weight is 299 g/mol. The molecule has 0 radical (unpaired) electrons. The van der Waals surface area contributed by atoms with Crippen LogP contribution in [-0.4, -0.2) is 41.3 Å². The van der Waals surface area contributed by atoms with E-state index < -0.39 is 17.7 Å². The van der Waals surface area contributed by atoms with Crippen LogP contribution in [0, 0.1) is 5.92 Å². The Balaban J connectivity index is 2.76. The van der Waals surface area contributed by atoms with Gasteiger partial charge in [0, 0.05) is 6.04 Å². The summed E-state index contributed by atoms with van der Waals surface area (Å²) in [6, 6.07) is -0.551. The molecule has 0 aromatic heterocycles. The van der Waals surface area contributed by atoms with Crippen molar-refractivity contribution in [2.75, 3.05) is 6.61 Å². The summed E-state index contributed by atoms with van der Waals surface area (Å²) in [6.07, 6.45) is 2.01. The summed E-state index contributed by atoms with van der Waals surface area (Å²) in [5.41, 5.74) is -0.570. The number of esters is 1. The van der Waals surface area contributed by atoms with E-state index in [0.717, 1.165) is 12.8 Å². The largest absolute Gasteiger partial charge is 0.464 e.